The Morgan fingerprint density at radius 2 is 2.26 bits per heavy atom. The summed E-state index contributed by atoms with van der Waals surface area (Å²) in [4.78, 5) is 4.60. The van der Waals surface area contributed by atoms with Gasteiger partial charge >= 0.3 is 0 Å². The van der Waals surface area contributed by atoms with Crippen molar-refractivity contribution in [1.82, 2.24) is 10.6 Å². The second-order valence-corrected chi connectivity index (χ2v) is 6.00. The zero-order chi connectivity index (χ0) is 15.5. The van der Waals surface area contributed by atoms with Crippen molar-refractivity contribution in [2.45, 2.75) is 39.0 Å². The smallest absolute Gasteiger partial charge is 0.191 e. The van der Waals surface area contributed by atoms with Gasteiger partial charge in [-0.15, -0.1) is 24.0 Å². The Kier molecular flexibility index (Phi) is 11.7. The molecule has 0 aromatic rings. The van der Waals surface area contributed by atoms with Crippen molar-refractivity contribution in [3.8, 4) is 0 Å². The van der Waals surface area contributed by atoms with Crippen molar-refractivity contribution in [3.63, 3.8) is 0 Å². The van der Waals surface area contributed by atoms with E-state index in [-0.39, 0.29) is 24.0 Å². The van der Waals surface area contributed by atoms with Crippen molar-refractivity contribution in [3.05, 3.63) is 11.6 Å². The van der Waals surface area contributed by atoms with Crippen molar-refractivity contribution in [2.75, 3.05) is 46.1 Å². The average molecular weight is 437 g/mol. The largest absolute Gasteiger partial charge is 0.381 e. The first-order valence-electron chi connectivity index (χ1n) is 8.74. The first-order chi connectivity index (χ1) is 10.9. The minimum atomic E-state index is 0. The highest BCUT2D eigenvalue weighted by atomic mass is 127. The van der Waals surface area contributed by atoms with Crippen molar-refractivity contribution in [1.29, 1.82) is 0 Å². The summed E-state index contributed by atoms with van der Waals surface area (Å²) >= 11 is 0. The summed E-state index contributed by atoms with van der Waals surface area (Å²) in [7, 11) is 0. The van der Waals surface area contributed by atoms with Crippen molar-refractivity contribution < 1.29 is 9.47 Å². The maximum atomic E-state index is 5.63. The number of guanidine groups is 1. The number of nitrogens with one attached hydrogen (secondary N) is 2. The van der Waals surface area contributed by atoms with Crippen LogP contribution in [0.4, 0.5) is 0 Å². The zero-order valence-corrected chi connectivity index (χ0v) is 16.6. The molecule has 2 aliphatic rings. The van der Waals surface area contributed by atoms with Crippen LogP contribution < -0.4 is 10.6 Å². The standard InChI is InChI=1S/C17H31N3O2.HI/c1-2-18-17(19-9-3-11-22-14-16-4-5-16)20-10-6-15-7-12-21-13-8-15;/h7,16H,2-6,8-14H2,1H3,(H2,18,19,20);1H. The summed E-state index contributed by atoms with van der Waals surface area (Å²) in [5, 5.41) is 6.70. The number of rotatable bonds is 10. The molecule has 0 radical (unpaired) electrons. The fourth-order valence-electron chi connectivity index (χ4n) is 2.37. The molecule has 1 saturated carbocycles. The third-order valence-corrected chi connectivity index (χ3v) is 3.91. The summed E-state index contributed by atoms with van der Waals surface area (Å²) in [5.41, 5.74) is 1.49. The van der Waals surface area contributed by atoms with E-state index >= 15 is 0 Å². The van der Waals surface area contributed by atoms with Gasteiger partial charge in [-0.3, -0.25) is 4.99 Å². The molecule has 0 saturated heterocycles. The Labute approximate surface area is 157 Å². The second kappa shape index (κ2) is 13.0. The van der Waals surface area contributed by atoms with Crippen LogP contribution in [0.15, 0.2) is 16.6 Å². The first kappa shape index (κ1) is 20.7. The maximum absolute atomic E-state index is 5.63. The molecule has 2 rings (SSSR count). The Morgan fingerprint density at radius 3 is 2.96 bits per heavy atom. The third kappa shape index (κ3) is 10.2. The summed E-state index contributed by atoms with van der Waals surface area (Å²) in [5.74, 6) is 1.76. The van der Waals surface area contributed by atoms with Gasteiger partial charge in [-0.1, -0.05) is 11.6 Å². The average Bonchev–Trinajstić information content (AvgIpc) is 3.36. The molecule has 6 heteroatoms. The van der Waals surface area contributed by atoms with Crippen LogP contribution in [-0.2, 0) is 9.47 Å². The minimum Gasteiger partial charge on any atom is -0.381 e. The molecule has 0 spiro atoms. The van der Waals surface area contributed by atoms with Crippen LogP contribution in [0.1, 0.15) is 39.0 Å². The van der Waals surface area contributed by atoms with Gasteiger partial charge in [-0.05, 0) is 44.9 Å². The highest BCUT2D eigenvalue weighted by Crippen LogP contribution is 2.28. The van der Waals surface area contributed by atoms with E-state index in [1.54, 1.807) is 0 Å². The number of aliphatic imine (C=N–C) groups is 1. The second-order valence-electron chi connectivity index (χ2n) is 6.00. The lowest BCUT2D eigenvalue weighted by molar-refractivity contribution is 0.123. The summed E-state index contributed by atoms with van der Waals surface area (Å²) in [6.45, 7) is 8.13. The monoisotopic (exact) mass is 437 g/mol. The van der Waals surface area contributed by atoms with Gasteiger partial charge in [0.05, 0.1) is 13.2 Å². The van der Waals surface area contributed by atoms with Gasteiger partial charge in [0, 0.05) is 32.8 Å². The number of nitrogens with zero attached hydrogens (tertiary/aromatic N) is 1. The van der Waals surface area contributed by atoms with Gasteiger partial charge in [0.25, 0.3) is 0 Å². The first-order valence-corrected chi connectivity index (χ1v) is 8.74. The summed E-state index contributed by atoms with van der Waals surface area (Å²) in [6, 6.07) is 0. The van der Waals surface area contributed by atoms with Crippen LogP contribution in [0.25, 0.3) is 0 Å². The number of halogens is 1. The fraction of sp³-hybridized carbons (Fsp3) is 0.824. The van der Waals surface area contributed by atoms with E-state index < -0.39 is 0 Å². The van der Waals surface area contributed by atoms with Gasteiger partial charge in [0.15, 0.2) is 5.96 Å². The predicted molar refractivity (Wildman–Crippen MR) is 106 cm³/mol. The Morgan fingerprint density at radius 1 is 1.39 bits per heavy atom. The normalized spacial score (nSPS) is 18.1. The quantitative estimate of drug-likeness (QED) is 0.182. The van der Waals surface area contributed by atoms with Gasteiger partial charge in [-0.2, -0.15) is 0 Å². The summed E-state index contributed by atoms with van der Waals surface area (Å²) < 4.78 is 11.0. The van der Waals surface area contributed by atoms with Crippen LogP contribution in [0.5, 0.6) is 0 Å². The molecular formula is C17H32IN3O2. The van der Waals surface area contributed by atoms with Gasteiger partial charge < -0.3 is 20.1 Å². The molecule has 1 aliphatic heterocycles. The SMILES string of the molecule is CCNC(=NCCCOCC1CC1)NCCC1=CCOCC1.I. The van der Waals surface area contributed by atoms with Gasteiger partial charge in [0.2, 0.25) is 0 Å². The molecule has 0 atom stereocenters. The van der Waals surface area contributed by atoms with Crippen LogP contribution >= 0.6 is 24.0 Å². The molecule has 0 bridgehead atoms. The molecule has 1 fully saturated rings. The van der Waals surface area contributed by atoms with Crippen molar-refractivity contribution in [2.24, 2.45) is 10.9 Å². The minimum absolute atomic E-state index is 0. The molecule has 23 heavy (non-hydrogen) atoms. The third-order valence-electron chi connectivity index (χ3n) is 3.91. The predicted octanol–water partition coefficient (Wildman–Crippen LogP) is 2.71. The fourth-order valence-corrected chi connectivity index (χ4v) is 2.37. The van der Waals surface area contributed by atoms with Crippen LogP contribution in [0, 0.1) is 5.92 Å². The maximum Gasteiger partial charge on any atom is 0.191 e. The number of ether oxygens (including phenoxy) is 2. The van der Waals surface area contributed by atoms with Gasteiger partial charge in [-0.25, -0.2) is 0 Å². The van der Waals surface area contributed by atoms with E-state index in [0.29, 0.717) is 0 Å². The van der Waals surface area contributed by atoms with E-state index in [1.165, 1.54) is 18.4 Å². The van der Waals surface area contributed by atoms with E-state index in [4.69, 9.17) is 9.47 Å². The molecule has 0 aromatic heterocycles. The lowest BCUT2D eigenvalue weighted by atomic mass is 10.1. The molecule has 0 amide bonds. The van der Waals surface area contributed by atoms with E-state index in [9.17, 15) is 0 Å². The highest BCUT2D eigenvalue weighted by molar-refractivity contribution is 14.0. The van der Waals surface area contributed by atoms with Crippen LogP contribution in [-0.4, -0.2) is 52.0 Å². The van der Waals surface area contributed by atoms with E-state index in [0.717, 1.165) is 77.2 Å². The molecule has 0 aromatic carbocycles. The van der Waals surface area contributed by atoms with E-state index in [2.05, 4.69) is 28.6 Å². The Bertz CT molecular complexity index is 371. The molecule has 2 N–H and O–H groups in total. The van der Waals surface area contributed by atoms with Gasteiger partial charge in [0.1, 0.15) is 0 Å². The molecular weight excluding hydrogens is 405 g/mol. The zero-order valence-electron chi connectivity index (χ0n) is 14.3. The molecule has 0 unspecified atom stereocenters. The Hall–Kier alpha value is -0.340. The number of hydrogen-bond acceptors (Lipinski definition) is 3. The van der Waals surface area contributed by atoms with Crippen LogP contribution in [0.2, 0.25) is 0 Å². The van der Waals surface area contributed by atoms with Crippen molar-refractivity contribution >= 4 is 29.9 Å². The summed E-state index contributed by atoms with van der Waals surface area (Å²) in [6.07, 6.45) is 8.04. The lowest BCUT2D eigenvalue weighted by Gasteiger charge is -2.15. The highest BCUT2D eigenvalue weighted by Gasteiger charge is 2.20. The number of hydrogen-bond donors (Lipinski definition) is 2. The van der Waals surface area contributed by atoms with E-state index in [1.807, 2.05) is 0 Å². The molecule has 5 nitrogen and oxygen atoms in total. The topological polar surface area (TPSA) is 54.9 Å². The molecule has 1 aliphatic carbocycles. The molecule has 134 valence electrons. The van der Waals surface area contributed by atoms with Crippen LogP contribution in [0.3, 0.4) is 0 Å². The Balaban J connectivity index is 0.00000264. The lowest BCUT2D eigenvalue weighted by Crippen LogP contribution is -2.38. The molecule has 1 heterocycles.